The lowest BCUT2D eigenvalue weighted by Crippen LogP contribution is -2.52. The molecule has 1 heterocycles. The average molecular weight is 255 g/mol. The first-order valence-electron chi connectivity index (χ1n) is 5.51. The number of hydrogen-bond acceptors (Lipinski definition) is 3. The van der Waals surface area contributed by atoms with Crippen LogP contribution >= 0.6 is 11.6 Å². The highest BCUT2D eigenvalue weighted by molar-refractivity contribution is 6.30. The van der Waals surface area contributed by atoms with Crippen LogP contribution in [0.3, 0.4) is 0 Å². The second-order valence-corrected chi connectivity index (χ2v) is 4.82. The fourth-order valence-electron chi connectivity index (χ4n) is 2.00. The van der Waals surface area contributed by atoms with Crippen LogP contribution in [0.4, 0.5) is 0 Å². The summed E-state index contributed by atoms with van der Waals surface area (Å²) in [7, 11) is 0. The molecular weight excluding hydrogens is 240 g/mol. The van der Waals surface area contributed by atoms with Crippen LogP contribution in [0.1, 0.15) is 11.5 Å². The monoisotopic (exact) mass is 254 g/mol. The van der Waals surface area contributed by atoms with Crippen molar-refractivity contribution in [2.45, 2.75) is 12.0 Å². The maximum absolute atomic E-state index is 11.4. The van der Waals surface area contributed by atoms with Crippen LogP contribution in [-0.4, -0.2) is 41.7 Å². The molecule has 1 aromatic rings. The first-order chi connectivity index (χ1) is 8.06. The van der Waals surface area contributed by atoms with Gasteiger partial charge in [0.05, 0.1) is 12.0 Å². The number of amides is 1. The Balaban J connectivity index is 2.06. The molecule has 0 aliphatic carbocycles. The smallest absolute Gasteiger partial charge is 0.226 e. The number of aliphatic hydroxyl groups is 1. The molecule has 0 unspecified atom stereocenters. The molecule has 0 spiro atoms. The number of rotatable bonds is 4. The minimum absolute atomic E-state index is 0.270. The van der Waals surface area contributed by atoms with Gasteiger partial charge >= 0.3 is 0 Å². The van der Waals surface area contributed by atoms with Gasteiger partial charge in [-0.05, 0) is 17.7 Å². The van der Waals surface area contributed by atoms with Gasteiger partial charge in [0.1, 0.15) is 0 Å². The van der Waals surface area contributed by atoms with Crippen molar-refractivity contribution in [2.75, 3.05) is 19.6 Å². The Kier molecular flexibility index (Phi) is 3.66. The van der Waals surface area contributed by atoms with Gasteiger partial charge in [0.15, 0.2) is 0 Å². The highest BCUT2D eigenvalue weighted by atomic mass is 35.5. The van der Waals surface area contributed by atoms with Crippen molar-refractivity contribution in [1.29, 1.82) is 0 Å². The molecule has 1 aliphatic rings. The fraction of sp³-hybridized carbons (Fsp3) is 0.417. The highest BCUT2D eigenvalue weighted by Crippen LogP contribution is 2.21. The van der Waals surface area contributed by atoms with E-state index in [1.807, 2.05) is 17.0 Å². The lowest BCUT2D eigenvalue weighted by Gasteiger charge is -2.37. The zero-order chi connectivity index (χ0) is 12.4. The predicted molar refractivity (Wildman–Crippen MR) is 65.8 cm³/mol. The van der Waals surface area contributed by atoms with Crippen molar-refractivity contribution in [2.24, 2.45) is 5.73 Å². The Morgan fingerprint density at radius 1 is 1.47 bits per heavy atom. The molecule has 1 atom stereocenters. The second-order valence-electron chi connectivity index (χ2n) is 4.38. The molecule has 0 radical (unpaired) electrons. The van der Waals surface area contributed by atoms with Gasteiger partial charge in [0.2, 0.25) is 5.91 Å². The van der Waals surface area contributed by atoms with E-state index in [-0.39, 0.29) is 17.9 Å². The molecule has 0 bridgehead atoms. The van der Waals surface area contributed by atoms with Gasteiger partial charge in [-0.3, -0.25) is 9.69 Å². The molecule has 0 saturated carbocycles. The minimum Gasteiger partial charge on any atom is -0.390 e. The summed E-state index contributed by atoms with van der Waals surface area (Å²) >= 11 is 5.80. The van der Waals surface area contributed by atoms with E-state index in [1.54, 1.807) is 12.1 Å². The molecular formula is C12H15ClN2O2. The van der Waals surface area contributed by atoms with E-state index in [9.17, 15) is 9.90 Å². The number of likely N-dealkylation sites (tertiary alicyclic amines) is 1. The van der Waals surface area contributed by atoms with Crippen molar-refractivity contribution < 1.29 is 9.90 Å². The lowest BCUT2D eigenvalue weighted by atomic mass is 9.96. The van der Waals surface area contributed by atoms with Crippen LogP contribution in [0.15, 0.2) is 24.3 Å². The van der Waals surface area contributed by atoms with E-state index < -0.39 is 0 Å². The van der Waals surface area contributed by atoms with Crippen molar-refractivity contribution in [3.05, 3.63) is 34.9 Å². The molecule has 0 aromatic heterocycles. The van der Waals surface area contributed by atoms with Crippen molar-refractivity contribution >= 4 is 17.5 Å². The summed E-state index contributed by atoms with van der Waals surface area (Å²) in [6.45, 7) is 1.77. The van der Waals surface area contributed by atoms with Gasteiger partial charge < -0.3 is 10.8 Å². The number of hydrogen-bond donors (Lipinski definition) is 2. The van der Waals surface area contributed by atoms with Gasteiger partial charge in [0.25, 0.3) is 0 Å². The SMILES string of the molecule is NC(=O)[C@H](CN1CC(O)C1)c1ccc(Cl)cc1. The number of halogens is 1. The number of benzene rings is 1. The summed E-state index contributed by atoms with van der Waals surface area (Å²) in [5.74, 6) is -0.700. The van der Waals surface area contributed by atoms with E-state index in [4.69, 9.17) is 17.3 Å². The number of carbonyl (C=O) groups is 1. The lowest BCUT2D eigenvalue weighted by molar-refractivity contribution is -0.120. The third-order valence-electron chi connectivity index (χ3n) is 2.99. The number of carbonyl (C=O) groups excluding carboxylic acids is 1. The molecule has 92 valence electrons. The largest absolute Gasteiger partial charge is 0.390 e. The van der Waals surface area contributed by atoms with Crippen LogP contribution in [0.25, 0.3) is 0 Å². The Morgan fingerprint density at radius 2 is 2.06 bits per heavy atom. The standard InChI is InChI=1S/C12H15ClN2O2/c13-9-3-1-8(2-4-9)11(12(14)17)7-15-5-10(16)6-15/h1-4,10-11,16H,5-7H2,(H2,14,17)/t11-/m1/s1. The van der Waals surface area contributed by atoms with Crippen LogP contribution in [0.2, 0.25) is 5.02 Å². The molecule has 17 heavy (non-hydrogen) atoms. The third kappa shape index (κ3) is 2.97. The number of nitrogens with two attached hydrogens (primary N) is 1. The summed E-state index contributed by atoms with van der Waals surface area (Å²) in [5.41, 5.74) is 6.27. The first-order valence-corrected chi connectivity index (χ1v) is 5.89. The molecule has 5 heteroatoms. The predicted octanol–water partition coefficient (Wildman–Crippen LogP) is 0.585. The normalized spacial score (nSPS) is 18.7. The van der Waals surface area contributed by atoms with E-state index in [1.165, 1.54) is 0 Å². The van der Waals surface area contributed by atoms with Crippen LogP contribution in [0, 0.1) is 0 Å². The molecule has 1 aliphatic heterocycles. The molecule has 1 fully saturated rings. The fourth-order valence-corrected chi connectivity index (χ4v) is 2.13. The van der Waals surface area contributed by atoms with Crippen molar-refractivity contribution in [1.82, 2.24) is 4.90 Å². The Morgan fingerprint density at radius 3 is 2.53 bits per heavy atom. The number of β-amino-alcohol motifs (C(OH)–C–C–N with tert-alkyl or cyclic N) is 1. The summed E-state index contributed by atoms with van der Waals surface area (Å²) < 4.78 is 0. The van der Waals surface area contributed by atoms with Gasteiger partial charge in [0, 0.05) is 24.7 Å². The summed E-state index contributed by atoms with van der Waals surface area (Å²) in [4.78, 5) is 13.5. The van der Waals surface area contributed by atoms with Crippen molar-refractivity contribution in [3.63, 3.8) is 0 Å². The van der Waals surface area contributed by atoms with Gasteiger partial charge in [-0.2, -0.15) is 0 Å². The van der Waals surface area contributed by atoms with E-state index in [0.717, 1.165) is 5.56 Å². The minimum atomic E-state index is -0.353. The molecule has 1 amide bonds. The van der Waals surface area contributed by atoms with Crippen molar-refractivity contribution in [3.8, 4) is 0 Å². The molecule has 1 aromatic carbocycles. The third-order valence-corrected chi connectivity index (χ3v) is 3.25. The summed E-state index contributed by atoms with van der Waals surface area (Å²) in [6, 6.07) is 7.12. The molecule has 4 nitrogen and oxygen atoms in total. The van der Waals surface area contributed by atoms with Crippen LogP contribution in [0.5, 0.6) is 0 Å². The second kappa shape index (κ2) is 5.04. The molecule has 1 saturated heterocycles. The number of nitrogens with zero attached hydrogens (tertiary/aromatic N) is 1. The zero-order valence-electron chi connectivity index (χ0n) is 9.34. The quantitative estimate of drug-likeness (QED) is 0.826. The highest BCUT2D eigenvalue weighted by Gasteiger charge is 2.29. The van der Waals surface area contributed by atoms with Gasteiger partial charge in [-0.25, -0.2) is 0 Å². The number of aliphatic hydroxyl groups excluding tert-OH is 1. The maximum Gasteiger partial charge on any atom is 0.226 e. The molecule has 3 N–H and O–H groups in total. The van der Waals surface area contributed by atoms with E-state index in [2.05, 4.69) is 0 Å². The summed E-state index contributed by atoms with van der Waals surface area (Å²) in [5, 5.41) is 9.84. The van der Waals surface area contributed by atoms with E-state index >= 15 is 0 Å². The Bertz CT molecular complexity index is 401. The first kappa shape index (κ1) is 12.4. The Hall–Kier alpha value is -1.10. The average Bonchev–Trinajstić information content (AvgIpc) is 2.24. The summed E-state index contributed by atoms with van der Waals surface area (Å²) in [6.07, 6.45) is -0.270. The number of primary amides is 1. The van der Waals surface area contributed by atoms with Crippen LogP contribution < -0.4 is 5.73 Å². The zero-order valence-corrected chi connectivity index (χ0v) is 10.1. The maximum atomic E-state index is 11.4. The van der Waals surface area contributed by atoms with Crippen LogP contribution in [-0.2, 0) is 4.79 Å². The van der Waals surface area contributed by atoms with Gasteiger partial charge in [-0.1, -0.05) is 23.7 Å². The molecule has 2 rings (SSSR count). The Labute approximate surface area is 105 Å². The van der Waals surface area contributed by atoms with Gasteiger partial charge in [-0.15, -0.1) is 0 Å². The van der Waals surface area contributed by atoms with E-state index in [0.29, 0.717) is 24.7 Å². The topological polar surface area (TPSA) is 66.6 Å².